The van der Waals surface area contributed by atoms with E-state index in [-0.39, 0.29) is 42.6 Å². The summed E-state index contributed by atoms with van der Waals surface area (Å²) in [5.74, 6) is 0.0630. The number of amides is 3. The third-order valence-corrected chi connectivity index (χ3v) is 7.44. The van der Waals surface area contributed by atoms with Gasteiger partial charge in [0.2, 0.25) is 5.91 Å². The van der Waals surface area contributed by atoms with E-state index >= 15 is 0 Å². The molecule has 3 atom stereocenters. The number of carbonyl (C=O) groups is 3. The maximum atomic E-state index is 13.4. The van der Waals surface area contributed by atoms with Gasteiger partial charge in [-0.1, -0.05) is 31.0 Å². The maximum Gasteiger partial charge on any atom is 0.257 e. The van der Waals surface area contributed by atoms with Crippen LogP contribution in [-0.2, 0) is 9.53 Å². The molecule has 3 amide bonds. The largest absolute Gasteiger partial charge is 0.490 e. The Kier molecular flexibility index (Phi) is 7.23. The fraction of sp³-hybridized carbons (Fsp3) is 0.464. The summed E-state index contributed by atoms with van der Waals surface area (Å²) in [4.78, 5) is 40.2. The van der Waals surface area contributed by atoms with Crippen molar-refractivity contribution < 1.29 is 23.9 Å². The molecule has 8 heteroatoms. The highest BCUT2D eigenvalue weighted by Gasteiger charge is 2.39. The van der Waals surface area contributed by atoms with E-state index in [1.54, 1.807) is 54.4 Å². The fourth-order valence-electron chi connectivity index (χ4n) is 5.46. The summed E-state index contributed by atoms with van der Waals surface area (Å²) < 4.78 is 12.3. The second-order valence-electron chi connectivity index (χ2n) is 9.95. The monoisotopic (exact) mass is 491 g/mol. The van der Waals surface area contributed by atoms with Gasteiger partial charge in [-0.2, -0.15) is 0 Å². The normalized spacial score (nSPS) is 24.1. The number of hydrogen-bond donors (Lipinski definition) is 2. The van der Waals surface area contributed by atoms with E-state index in [2.05, 4.69) is 10.6 Å². The summed E-state index contributed by atoms with van der Waals surface area (Å²) in [7, 11) is 1.78. The minimum absolute atomic E-state index is 0.0389. The predicted molar refractivity (Wildman–Crippen MR) is 135 cm³/mol. The molecule has 3 aliphatic rings. The summed E-state index contributed by atoms with van der Waals surface area (Å²) >= 11 is 0. The van der Waals surface area contributed by atoms with Crippen LogP contribution in [0.2, 0.25) is 0 Å². The Bertz CT molecular complexity index is 1120. The highest BCUT2D eigenvalue weighted by molar-refractivity contribution is 6.05. The molecule has 0 unspecified atom stereocenters. The van der Waals surface area contributed by atoms with Gasteiger partial charge in [0.05, 0.1) is 24.1 Å². The van der Waals surface area contributed by atoms with Crippen LogP contribution in [0.15, 0.2) is 48.5 Å². The molecule has 2 heterocycles. The van der Waals surface area contributed by atoms with E-state index in [4.69, 9.17) is 9.47 Å². The molecule has 2 aromatic carbocycles. The van der Waals surface area contributed by atoms with E-state index in [9.17, 15) is 14.4 Å². The smallest absolute Gasteiger partial charge is 0.257 e. The van der Waals surface area contributed by atoms with Gasteiger partial charge >= 0.3 is 0 Å². The molecule has 2 N–H and O–H groups in total. The van der Waals surface area contributed by atoms with E-state index in [0.29, 0.717) is 41.4 Å². The quantitative estimate of drug-likeness (QED) is 0.664. The highest BCUT2D eigenvalue weighted by Crippen LogP contribution is 2.32. The number of carbonyl (C=O) groups excluding carboxylic acids is 3. The Balaban J connectivity index is 1.25. The van der Waals surface area contributed by atoms with Crippen molar-refractivity contribution in [1.29, 1.82) is 0 Å². The number of fused-ring (bicyclic) bond motifs is 2. The molecule has 0 radical (unpaired) electrons. The number of rotatable bonds is 5. The molecule has 2 fully saturated rings. The zero-order valence-corrected chi connectivity index (χ0v) is 20.6. The van der Waals surface area contributed by atoms with Gasteiger partial charge in [0, 0.05) is 24.3 Å². The van der Waals surface area contributed by atoms with Crippen molar-refractivity contribution in [2.75, 3.05) is 19.0 Å². The van der Waals surface area contributed by atoms with Crippen molar-refractivity contribution in [2.24, 2.45) is 0 Å². The Morgan fingerprint density at radius 1 is 1.03 bits per heavy atom. The van der Waals surface area contributed by atoms with Gasteiger partial charge < -0.3 is 25.0 Å². The van der Waals surface area contributed by atoms with Crippen molar-refractivity contribution in [2.45, 2.75) is 69.2 Å². The van der Waals surface area contributed by atoms with Crippen molar-refractivity contribution in [1.82, 2.24) is 10.2 Å². The minimum Gasteiger partial charge on any atom is -0.490 e. The van der Waals surface area contributed by atoms with Crippen LogP contribution in [-0.4, -0.2) is 60.6 Å². The number of nitrogens with one attached hydrogen (secondary N) is 2. The molecular formula is C28H33N3O5. The fourth-order valence-corrected chi connectivity index (χ4v) is 5.46. The molecule has 1 aliphatic carbocycles. The van der Waals surface area contributed by atoms with Gasteiger partial charge in [0.15, 0.2) is 0 Å². The average molecular weight is 492 g/mol. The Morgan fingerprint density at radius 2 is 1.81 bits per heavy atom. The second kappa shape index (κ2) is 10.7. The van der Waals surface area contributed by atoms with Gasteiger partial charge in [-0.15, -0.1) is 0 Å². The number of anilines is 1. The van der Waals surface area contributed by atoms with Crippen LogP contribution in [0.25, 0.3) is 0 Å². The topological polar surface area (TPSA) is 97.0 Å². The Labute approximate surface area is 211 Å². The maximum absolute atomic E-state index is 13.4. The minimum atomic E-state index is -0.317. The molecule has 0 aromatic heterocycles. The third-order valence-electron chi connectivity index (χ3n) is 7.44. The predicted octanol–water partition coefficient (Wildman–Crippen LogP) is 3.77. The summed E-state index contributed by atoms with van der Waals surface area (Å²) in [6.07, 6.45) is 5.73. The van der Waals surface area contributed by atoms with Crippen molar-refractivity contribution in [3.8, 4) is 5.75 Å². The van der Waals surface area contributed by atoms with Crippen LogP contribution < -0.4 is 15.4 Å². The molecule has 8 nitrogen and oxygen atoms in total. The van der Waals surface area contributed by atoms with Gasteiger partial charge in [-0.05, 0) is 56.0 Å². The zero-order chi connectivity index (χ0) is 25.1. The highest BCUT2D eigenvalue weighted by atomic mass is 16.5. The lowest BCUT2D eigenvalue weighted by atomic mass is 9.94. The standard InChI is InChI=1S/C28H33N3O5/c1-31-23-13-12-21(16-26(32)29-19-9-5-6-10-19)36-25(23)17-35-24-14-11-20(15-22(24)28(31)34)30-27(33)18-7-3-2-4-8-18/h2-4,7-8,11,14-15,19,21,23,25H,5-6,9-10,12-13,16-17H2,1H3,(H,29,32)(H,30,33)/t21-,23+,25-/m0/s1. The third kappa shape index (κ3) is 5.38. The van der Waals surface area contributed by atoms with Crippen LogP contribution in [0, 0.1) is 0 Å². The van der Waals surface area contributed by atoms with Gasteiger partial charge in [0.1, 0.15) is 18.5 Å². The summed E-state index contributed by atoms with van der Waals surface area (Å²) in [5.41, 5.74) is 1.47. The van der Waals surface area contributed by atoms with Crippen molar-refractivity contribution in [3.05, 3.63) is 59.7 Å². The van der Waals surface area contributed by atoms with Gasteiger partial charge in [0.25, 0.3) is 11.8 Å². The average Bonchev–Trinajstić information content (AvgIpc) is 3.40. The number of likely N-dealkylation sites (N-methyl/N-ethyl adjacent to an activating group) is 1. The van der Waals surface area contributed by atoms with Crippen LogP contribution in [0.3, 0.4) is 0 Å². The first kappa shape index (κ1) is 24.3. The molecule has 0 spiro atoms. The van der Waals surface area contributed by atoms with Crippen LogP contribution in [0.1, 0.15) is 65.7 Å². The summed E-state index contributed by atoms with van der Waals surface area (Å²) in [6, 6.07) is 14.2. The van der Waals surface area contributed by atoms with E-state index in [0.717, 1.165) is 19.3 Å². The molecule has 0 bridgehead atoms. The Hall–Kier alpha value is -3.39. The number of nitrogens with zero attached hydrogens (tertiary/aromatic N) is 1. The van der Waals surface area contributed by atoms with E-state index < -0.39 is 0 Å². The van der Waals surface area contributed by atoms with Gasteiger partial charge in [-0.3, -0.25) is 14.4 Å². The zero-order valence-electron chi connectivity index (χ0n) is 20.6. The number of ether oxygens (including phenoxy) is 2. The first-order valence-corrected chi connectivity index (χ1v) is 12.8. The van der Waals surface area contributed by atoms with Crippen LogP contribution in [0.5, 0.6) is 5.75 Å². The molecule has 5 rings (SSSR count). The summed E-state index contributed by atoms with van der Waals surface area (Å²) in [5, 5.41) is 5.99. The molecule has 36 heavy (non-hydrogen) atoms. The van der Waals surface area contributed by atoms with Crippen molar-refractivity contribution in [3.63, 3.8) is 0 Å². The molecule has 1 saturated heterocycles. The lowest BCUT2D eigenvalue weighted by molar-refractivity contribution is -0.134. The number of benzene rings is 2. The molecule has 190 valence electrons. The lowest BCUT2D eigenvalue weighted by Crippen LogP contribution is -2.54. The lowest BCUT2D eigenvalue weighted by Gasteiger charge is -2.42. The van der Waals surface area contributed by atoms with Gasteiger partial charge in [-0.25, -0.2) is 0 Å². The van der Waals surface area contributed by atoms with Crippen LogP contribution in [0.4, 0.5) is 5.69 Å². The molecular weight excluding hydrogens is 458 g/mol. The van der Waals surface area contributed by atoms with E-state index in [1.165, 1.54) is 12.8 Å². The first-order chi connectivity index (χ1) is 17.5. The molecule has 2 aliphatic heterocycles. The van der Waals surface area contributed by atoms with Crippen LogP contribution >= 0.6 is 0 Å². The Morgan fingerprint density at radius 3 is 2.58 bits per heavy atom. The second-order valence-corrected chi connectivity index (χ2v) is 9.95. The first-order valence-electron chi connectivity index (χ1n) is 12.8. The van der Waals surface area contributed by atoms with Crippen molar-refractivity contribution >= 4 is 23.4 Å². The summed E-state index contributed by atoms with van der Waals surface area (Å²) in [6.45, 7) is 0.283. The van der Waals surface area contributed by atoms with E-state index in [1.807, 2.05) is 6.07 Å². The SMILES string of the molecule is CN1C(=O)c2cc(NC(=O)c3ccccc3)ccc2OC[C@@H]2O[C@H](CC(=O)NC3CCCC3)CC[C@H]21. The molecule has 2 aromatic rings. The number of hydrogen-bond acceptors (Lipinski definition) is 5. The molecule has 1 saturated carbocycles.